The molecule has 0 amide bonds. The van der Waals surface area contributed by atoms with Crippen LogP contribution in [0, 0.1) is 10.8 Å². The summed E-state index contributed by atoms with van der Waals surface area (Å²) in [5, 5.41) is 0. The molecule has 1 aliphatic rings. The Morgan fingerprint density at radius 2 is 1.79 bits per heavy atom. The Kier molecular flexibility index (Phi) is 5.84. The van der Waals surface area contributed by atoms with Gasteiger partial charge < -0.3 is 9.47 Å². The summed E-state index contributed by atoms with van der Waals surface area (Å²) in [4.78, 5) is 12.3. The first-order valence-corrected chi connectivity index (χ1v) is 7.68. The highest BCUT2D eigenvalue weighted by atomic mass is 16.7. The van der Waals surface area contributed by atoms with Crippen LogP contribution < -0.4 is 0 Å². The zero-order chi connectivity index (χ0) is 14.5. The molecule has 3 nitrogen and oxygen atoms in total. The molecule has 0 aromatic rings. The molecule has 19 heavy (non-hydrogen) atoms. The van der Waals surface area contributed by atoms with Crippen LogP contribution in [0.15, 0.2) is 0 Å². The minimum atomic E-state index is -0.430. The van der Waals surface area contributed by atoms with E-state index in [0.717, 1.165) is 19.3 Å². The lowest BCUT2D eigenvalue weighted by Crippen LogP contribution is -2.42. The lowest BCUT2D eigenvalue weighted by molar-refractivity contribution is -0.220. The van der Waals surface area contributed by atoms with Gasteiger partial charge >= 0.3 is 5.97 Å². The Balaban J connectivity index is 2.74. The molecule has 1 saturated carbocycles. The monoisotopic (exact) mass is 270 g/mol. The fraction of sp³-hybridized carbons (Fsp3) is 0.938. The highest BCUT2D eigenvalue weighted by Gasteiger charge is 2.41. The zero-order valence-corrected chi connectivity index (χ0v) is 13.3. The van der Waals surface area contributed by atoms with Gasteiger partial charge in [0.2, 0.25) is 6.29 Å². The average Bonchev–Trinajstić information content (AvgIpc) is 2.39. The number of esters is 1. The molecule has 0 aromatic carbocycles. The van der Waals surface area contributed by atoms with E-state index < -0.39 is 11.7 Å². The first-order valence-electron chi connectivity index (χ1n) is 7.68. The average molecular weight is 270 g/mol. The zero-order valence-electron chi connectivity index (χ0n) is 13.3. The van der Waals surface area contributed by atoms with Crippen LogP contribution in [0.1, 0.15) is 73.1 Å². The molecule has 1 fully saturated rings. The fourth-order valence-electron chi connectivity index (χ4n) is 2.53. The molecule has 0 heterocycles. The van der Waals surface area contributed by atoms with E-state index in [1.807, 2.05) is 27.7 Å². The van der Waals surface area contributed by atoms with Gasteiger partial charge in [0.05, 0.1) is 5.41 Å². The minimum Gasteiger partial charge on any atom is -0.435 e. The van der Waals surface area contributed by atoms with Crippen molar-refractivity contribution >= 4 is 5.97 Å². The van der Waals surface area contributed by atoms with Gasteiger partial charge in [0.1, 0.15) is 0 Å². The molecule has 1 aliphatic carbocycles. The van der Waals surface area contributed by atoms with Crippen molar-refractivity contribution in [3.05, 3.63) is 0 Å². The third-order valence-corrected chi connectivity index (χ3v) is 4.53. The molecule has 112 valence electrons. The summed E-state index contributed by atoms with van der Waals surface area (Å²) in [5.41, 5.74) is -0.450. The van der Waals surface area contributed by atoms with Crippen LogP contribution in [0.3, 0.4) is 0 Å². The molecule has 1 atom stereocenters. The van der Waals surface area contributed by atoms with Crippen LogP contribution in [-0.2, 0) is 14.3 Å². The van der Waals surface area contributed by atoms with E-state index in [-0.39, 0.29) is 11.4 Å². The fourth-order valence-corrected chi connectivity index (χ4v) is 2.53. The third-order valence-electron chi connectivity index (χ3n) is 4.53. The second-order valence-corrected chi connectivity index (χ2v) is 6.64. The molecule has 0 spiro atoms. The van der Waals surface area contributed by atoms with Crippen molar-refractivity contribution in [2.45, 2.75) is 79.4 Å². The summed E-state index contributed by atoms with van der Waals surface area (Å²) in [6.45, 7) is 10.6. The molecular formula is C16H30O3. The van der Waals surface area contributed by atoms with Gasteiger partial charge in [0, 0.05) is 12.0 Å². The van der Waals surface area contributed by atoms with Crippen molar-refractivity contribution in [2.24, 2.45) is 10.8 Å². The summed E-state index contributed by atoms with van der Waals surface area (Å²) in [6.07, 6.45) is 6.24. The lowest BCUT2D eigenvalue weighted by atomic mass is 9.75. The van der Waals surface area contributed by atoms with Gasteiger partial charge in [-0.1, -0.05) is 33.1 Å². The van der Waals surface area contributed by atoms with Gasteiger partial charge in [-0.15, -0.1) is 0 Å². The van der Waals surface area contributed by atoms with Crippen LogP contribution in [0.2, 0.25) is 0 Å². The van der Waals surface area contributed by atoms with Gasteiger partial charge in [0.25, 0.3) is 0 Å². The molecule has 0 N–H and O–H groups in total. The van der Waals surface area contributed by atoms with Crippen LogP contribution in [0.4, 0.5) is 0 Å². The van der Waals surface area contributed by atoms with E-state index in [4.69, 9.17) is 9.47 Å². The molecule has 0 bridgehead atoms. The first kappa shape index (κ1) is 16.5. The molecule has 0 aliphatic heterocycles. The Labute approximate surface area is 118 Å². The largest absolute Gasteiger partial charge is 0.435 e. The number of hydrogen-bond donors (Lipinski definition) is 0. The van der Waals surface area contributed by atoms with Gasteiger partial charge in [-0.3, -0.25) is 4.79 Å². The van der Waals surface area contributed by atoms with E-state index in [1.165, 1.54) is 19.3 Å². The standard InChI is InChI=1S/C16H30O3/c1-6-15(3,4)13(17)19-14(18-7-2)16(5)11-9-8-10-12-16/h14H,6-12H2,1-5H3. The van der Waals surface area contributed by atoms with E-state index in [0.29, 0.717) is 6.61 Å². The highest BCUT2D eigenvalue weighted by Crippen LogP contribution is 2.41. The number of ether oxygens (including phenoxy) is 2. The molecule has 3 heteroatoms. The van der Waals surface area contributed by atoms with Crippen molar-refractivity contribution in [1.29, 1.82) is 0 Å². The number of carbonyl (C=O) groups excluding carboxylic acids is 1. The maximum Gasteiger partial charge on any atom is 0.313 e. The van der Waals surface area contributed by atoms with Crippen LogP contribution in [-0.4, -0.2) is 18.9 Å². The van der Waals surface area contributed by atoms with Gasteiger partial charge in [-0.05, 0) is 40.0 Å². The molecule has 0 aromatic heterocycles. The third kappa shape index (κ3) is 4.20. The maximum atomic E-state index is 12.3. The molecule has 0 radical (unpaired) electrons. The maximum absolute atomic E-state index is 12.3. The van der Waals surface area contributed by atoms with E-state index >= 15 is 0 Å². The molecule has 1 unspecified atom stereocenters. The predicted octanol–water partition coefficient (Wildman–Crippen LogP) is 4.30. The molecule has 1 rings (SSSR count). The predicted molar refractivity (Wildman–Crippen MR) is 76.8 cm³/mol. The van der Waals surface area contributed by atoms with Crippen molar-refractivity contribution < 1.29 is 14.3 Å². The highest BCUT2D eigenvalue weighted by molar-refractivity contribution is 5.75. The van der Waals surface area contributed by atoms with Crippen molar-refractivity contribution in [3.8, 4) is 0 Å². The van der Waals surface area contributed by atoms with E-state index in [9.17, 15) is 4.79 Å². The SMILES string of the molecule is CCOC(OC(=O)C(C)(C)CC)C1(C)CCCCC1. The van der Waals surface area contributed by atoms with E-state index in [2.05, 4.69) is 6.92 Å². The van der Waals surface area contributed by atoms with Crippen LogP contribution >= 0.6 is 0 Å². The second-order valence-electron chi connectivity index (χ2n) is 6.64. The lowest BCUT2D eigenvalue weighted by Gasteiger charge is -2.40. The Morgan fingerprint density at radius 1 is 1.21 bits per heavy atom. The Morgan fingerprint density at radius 3 is 2.26 bits per heavy atom. The van der Waals surface area contributed by atoms with Gasteiger partial charge in [-0.2, -0.15) is 0 Å². The number of hydrogen-bond acceptors (Lipinski definition) is 3. The second kappa shape index (κ2) is 6.74. The molecular weight excluding hydrogens is 240 g/mol. The van der Waals surface area contributed by atoms with Gasteiger partial charge in [0.15, 0.2) is 0 Å². The smallest absolute Gasteiger partial charge is 0.313 e. The Bertz CT molecular complexity index is 290. The molecule has 0 saturated heterocycles. The number of carbonyl (C=O) groups is 1. The summed E-state index contributed by atoms with van der Waals surface area (Å²) < 4.78 is 11.5. The number of rotatable bonds is 6. The minimum absolute atomic E-state index is 0.0201. The van der Waals surface area contributed by atoms with Crippen LogP contribution in [0.25, 0.3) is 0 Å². The van der Waals surface area contributed by atoms with Gasteiger partial charge in [-0.25, -0.2) is 0 Å². The van der Waals surface area contributed by atoms with Crippen molar-refractivity contribution in [3.63, 3.8) is 0 Å². The normalized spacial score (nSPS) is 20.9. The first-order chi connectivity index (χ1) is 8.85. The summed E-state index contributed by atoms with van der Waals surface area (Å²) in [6, 6.07) is 0. The summed E-state index contributed by atoms with van der Waals surface area (Å²) in [7, 11) is 0. The van der Waals surface area contributed by atoms with E-state index in [1.54, 1.807) is 0 Å². The topological polar surface area (TPSA) is 35.5 Å². The van der Waals surface area contributed by atoms with Crippen LogP contribution in [0.5, 0.6) is 0 Å². The summed E-state index contributed by atoms with van der Waals surface area (Å²) in [5.74, 6) is -0.139. The summed E-state index contributed by atoms with van der Waals surface area (Å²) >= 11 is 0. The van der Waals surface area contributed by atoms with Crippen molar-refractivity contribution in [1.82, 2.24) is 0 Å². The quantitative estimate of drug-likeness (QED) is 0.533. The van der Waals surface area contributed by atoms with Crippen molar-refractivity contribution in [2.75, 3.05) is 6.61 Å². The Hall–Kier alpha value is -0.570.